The lowest BCUT2D eigenvalue weighted by molar-refractivity contribution is -0.140. The van der Waals surface area contributed by atoms with Crippen molar-refractivity contribution in [2.75, 3.05) is 32.8 Å². The van der Waals surface area contributed by atoms with Crippen LogP contribution in [0.5, 0.6) is 0 Å². The summed E-state index contributed by atoms with van der Waals surface area (Å²) >= 11 is 0. The van der Waals surface area contributed by atoms with Gasteiger partial charge in [0.2, 0.25) is 11.8 Å². The van der Waals surface area contributed by atoms with Crippen LogP contribution in [0.15, 0.2) is 0 Å². The minimum Gasteiger partial charge on any atom is -0.378 e. The van der Waals surface area contributed by atoms with Gasteiger partial charge >= 0.3 is 0 Å². The second kappa shape index (κ2) is 7.59. The number of carbonyl (C=O) groups excluding carboxylic acids is 2. The van der Waals surface area contributed by atoms with Gasteiger partial charge in [-0.3, -0.25) is 9.59 Å². The third-order valence-corrected chi connectivity index (χ3v) is 3.97. The number of morpholine rings is 1. The monoisotopic (exact) mass is 283 g/mol. The summed E-state index contributed by atoms with van der Waals surface area (Å²) in [4.78, 5) is 26.4. The Morgan fingerprint density at radius 3 is 2.70 bits per heavy atom. The van der Waals surface area contributed by atoms with Crippen LogP contribution in [0.25, 0.3) is 0 Å². The van der Waals surface area contributed by atoms with Crippen LogP contribution in [-0.2, 0) is 14.3 Å². The van der Waals surface area contributed by atoms with Crippen LogP contribution in [0.3, 0.4) is 0 Å². The zero-order valence-electron chi connectivity index (χ0n) is 12.2. The fraction of sp³-hybridized carbons (Fsp3) is 0.857. The lowest BCUT2D eigenvalue weighted by atomic mass is 10.0. The van der Waals surface area contributed by atoms with E-state index < -0.39 is 6.04 Å². The molecular weight excluding hydrogens is 258 g/mol. The van der Waals surface area contributed by atoms with Crippen molar-refractivity contribution in [1.29, 1.82) is 0 Å². The summed E-state index contributed by atoms with van der Waals surface area (Å²) in [5.41, 5.74) is 0. The molecule has 2 aliphatic heterocycles. The van der Waals surface area contributed by atoms with Crippen LogP contribution < -0.4 is 10.6 Å². The molecule has 0 aliphatic carbocycles. The van der Waals surface area contributed by atoms with Crippen LogP contribution in [0.2, 0.25) is 0 Å². The first-order valence-electron chi connectivity index (χ1n) is 7.62. The highest BCUT2D eigenvalue weighted by Gasteiger charge is 2.28. The molecule has 0 radical (unpaired) electrons. The van der Waals surface area contributed by atoms with Crippen molar-refractivity contribution in [2.24, 2.45) is 0 Å². The largest absolute Gasteiger partial charge is 0.378 e. The first kappa shape index (κ1) is 15.3. The molecule has 6 heteroatoms. The number of piperidine rings is 1. The molecule has 2 rings (SSSR count). The highest BCUT2D eigenvalue weighted by Crippen LogP contribution is 2.09. The second-order valence-electron chi connectivity index (χ2n) is 5.41. The maximum Gasteiger partial charge on any atom is 0.245 e. The number of rotatable bonds is 4. The number of carbonyl (C=O) groups is 2. The van der Waals surface area contributed by atoms with Gasteiger partial charge in [-0.15, -0.1) is 0 Å². The zero-order chi connectivity index (χ0) is 14.4. The van der Waals surface area contributed by atoms with E-state index in [1.807, 2.05) is 6.92 Å². The van der Waals surface area contributed by atoms with E-state index in [4.69, 9.17) is 4.74 Å². The van der Waals surface area contributed by atoms with Gasteiger partial charge in [-0.1, -0.05) is 13.3 Å². The number of nitrogens with zero attached hydrogens (tertiary/aromatic N) is 1. The maximum atomic E-state index is 12.4. The molecule has 0 aromatic carbocycles. The minimum absolute atomic E-state index is 0.0139. The quantitative estimate of drug-likeness (QED) is 0.755. The lowest BCUT2D eigenvalue weighted by Crippen LogP contribution is -2.55. The first-order valence-corrected chi connectivity index (χ1v) is 7.62. The van der Waals surface area contributed by atoms with Crippen LogP contribution in [0, 0.1) is 0 Å². The fourth-order valence-corrected chi connectivity index (χ4v) is 2.69. The van der Waals surface area contributed by atoms with Crippen LogP contribution in [-0.4, -0.2) is 61.6 Å². The first-order chi connectivity index (χ1) is 9.72. The summed E-state index contributed by atoms with van der Waals surface area (Å²) in [5.74, 6) is -0.0295. The van der Waals surface area contributed by atoms with E-state index in [9.17, 15) is 9.59 Å². The van der Waals surface area contributed by atoms with Crippen molar-refractivity contribution in [3.05, 3.63) is 0 Å². The summed E-state index contributed by atoms with van der Waals surface area (Å²) in [6.07, 6.45) is 3.66. The highest BCUT2D eigenvalue weighted by molar-refractivity contribution is 5.89. The van der Waals surface area contributed by atoms with E-state index in [0.717, 1.165) is 25.8 Å². The fourth-order valence-electron chi connectivity index (χ4n) is 2.69. The average Bonchev–Trinajstić information content (AvgIpc) is 2.53. The third kappa shape index (κ3) is 3.93. The number of hydrogen-bond acceptors (Lipinski definition) is 4. The van der Waals surface area contributed by atoms with Gasteiger partial charge in [0, 0.05) is 13.1 Å². The topological polar surface area (TPSA) is 70.7 Å². The van der Waals surface area contributed by atoms with Gasteiger partial charge in [0.1, 0.15) is 6.04 Å². The van der Waals surface area contributed by atoms with Gasteiger partial charge in [-0.05, 0) is 25.8 Å². The Bertz CT molecular complexity index is 337. The number of amides is 2. The standard InChI is InChI=1S/C14H25N3O3/c1-2-11(14(19)17-7-9-20-10-8-17)16-13(18)12-5-3-4-6-15-12/h11-12,15H,2-10H2,1H3,(H,16,18). The van der Waals surface area contributed by atoms with Gasteiger partial charge in [-0.25, -0.2) is 0 Å². The molecule has 2 fully saturated rings. The SMILES string of the molecule is CCC(NC(=O)C1CCCCN1)C(=O)N1CCOCC1. The van der Waals surface area contributed by atoms with Crippen LogP contribution >= 0.6 is 0 Å². The highest BCUT2D eigenvalue weighted by atomic mass is 16.5. The summed E-state index contributed by atoms with van der Waals surface area (Å²) in [6.45, 7) is 5.21. The molecule has 2 atom stereocenters. The maximum absolute atomic E-state index is 12.4. The van der Waals surface area contributed by atoms with Crippen molar-refractivity contribution in [3.8, 4) is 0 Å². The predicted octanol–water partition coefficient (Wildman–Crippen LogP) is -0.118. The van der Waals surface area contributed by atoms with Crippen molar-refractivity contribution in [1.82, 2.24) is 15.5 Å². The van der Waals surface area contributed by atoms with Crippen molar-refractivity contribution in [3.63, 3.8) is 0 Å². The van der Waals surface area contributed by atoms with Crippen molar-refractivity contribution < 1.29 is 14.3 Å². The molecule has 0 aromatic heterocycles. The summed E-state index contributed by atoms with van der Waals surface area (Å²) in [5, 5.41) is 6.11. The predicted molar refractivity (Wildman–Crippen MR) is 75.3 cm³/mol. The summed E-state index contributed by atoms with van der Waals surface area (Å²) in [7, 11) is 0. The lowest BCUT2D eigenvalue weighted by Gasteiger charge is -2.31. The molecule has 20 heavy (non-hydrogen) atoms. The van der Waals surface area contributed by atoms with Crippen molar-refractivity contribution in [2.45, 2.75) is 44.7 Å². The number of nitrogens with one attached hydrogen (secondary N) is 2. The zero-order valence-corrected chi connectivity index (χ0v) is 12.2. The molecule has 6 nitrogen and oxygen atoms in total. The van der Waals surface area contributed by atoms with Gasteiger partial charge in [0.25, 0.3) is 0 Å². The van der Waals surface area contributed by atoms with Crippen LogP contribution in [0.4, 0.5) is 0 Å². The van der Waals surface area contributed by atoms with Gasteiger partial charge in [0.15, 0.2) is 0 Å². The van der Waals surface area contributed by atoms with Crippen LogP contribution in [0.1, 0.15) is 32.6 Å². The minimum atomic E-state index is -0.413. The Labute approximate surface area is 120 Å². The van der Waals surface area contributed by atoms with E-state index in [2.05, 4.69) is 10.6 Å². The smallest absolute Gasteiger partial charge is 0.245 e. The molecule has 2 unspecified atom stereocenters. The molecule has 114 valence electrons. The average molecular weight is 283 g/mol. The molecular formula is C14H25N3O3. The van der Waals surface area contributed by atoms with E-state index in [-0.39, 0.29) is 17.9 Å². The van der Waals surface area contributed by atoms with E-state index in [1.54, 1.807) is 4.90 Å². The molecule has 0 saturated carbocycles. The number of hydrogen-bond donors (Lipinski definition) is 2. The molecule has 0 spiro atoms. The molecule has 2 saturated heterocycles. The normalized spacial score (nSPS) is 25.1. The molecule has 2 heterocycles. The second-order valence-corrected chi connectivity index (χ2v) is 5.41. The molecule has 0 bridgehead atoms. The Morgan fingerprint density at radius 1 is 1.35 bits per heavy atom. The third-order valence-electron chi connectivity index (χ3n) is 3.97. The Balaban J connectivity index is 1.86. The van der Waals surface area contributed by atoms with Gasteiger partial charge in [0.05, 0.1) is 19.3 Å². The molecule has 2 amide bonds. The van der Waals surface area contributed by atoms with Gasteiger partial charge in [-0.2, -0.15) is 0 Å². The Morgan fingerprint density at radius 2 is 2.10 bits per heavy atom. The van der Waals surface area contributed by atoms with E-state index >= 15 is 0 Å². The molecule has 2 N–H and O–H groups in total. The summed E-state index contributed by atoms with van der Waals surface area (Å²) in [6, 6.07) is -0.556. The van der Waals surface area contributed by atoms with E-state index in [0.29, 0.717) is 32.7 Å². The van der Waals surface area contributed by atoms with Gasteiger partial charge < -0.3 is 20.3 Å². The Hall–Kier alpha value is -1.14. The molecule has 0 aromatic rings. The van der Waals surface area contributed by atoms with E-state index in [1.165, 1.54) is 0 Å². The number of ether oxygens (including phenoxy) is 1. The summed E-state index contributed by atoms with van der Waals surface area (Å²) < 4.78 is 5.25. The van der Waals surface area contributed by atoms with Crippen molar-refractivity contribution >= 4 is 11.8 Å². The molecule has 2 aliphatic rings. The Kier molecular flexibility index (Phi) is 5.79.